The van der Waals surface area contributed by atoms with Crippen LogP contribution in [0.4, 0.5) is 0 Å². The Morgan fingerprint density at radius 1 is 0.639 bits per heavy atom. The normalized spacial score (nSPS) is 29.6. The number of rotatable bonds is 22. The summed E-state index contributed by atoms with van der Waals surface area (Å²) >= 11 is 0. The van der Waals surface area contributed by atoms with Crippen LogP contribution in [0.15, 0.2) is 0 Å². The largest absolute Gasteiger partial charge is 0.394 e. The Morgan fingerprint density at radius 3 is 1.11 bits per heavy atom. The Kier molecular flexibility index (Phi) is 12.2. The molecule has 0 aromatic carbocycles. The second-order valence-corrected chi connectivity index (χ2v) is 10.0. The molecule has 0 saturated carbocycles. The van der Waals surface area contributed by atoms with Crippen LogP contribution in [-0.4, -0.2) is 145 Å². The van der Waals surface area contributed by atoms with Crippen LogP contribution >= 0.6 is 0 Å². The summed E-state index contributed by atoms with van der Waals surface area (Å²) in [5, 5.41) is 58.3. The summed E-state index contributed by atoms with van der Waals surface area (Å²) in [4.78, 5) is 0. The van der Waals surface area contributed by atoms with Gasteiger partial charge in [0.25, 0.3) is 0 Å². The molecular weight excluding hydrogens is 480 g/mol. The number of epoxide rings is 3. The first-order valence-electron chi connectivity index (χ1n) is 12.9. The zero-order chi connectivity index (χ0) is 26.1. The van der Waals surface area contributed by atoms with Crippen LogP contribution in [0.5, 0.6) is 0 Å². The highest BCUT2D eigenvalue weighted by Crippen LogP contribution is 2.48. The third-order valence-electron chi connectivity index (χ3n) is 7.15. The average Bonchev–Trinajstić information content (AvgIpc) is 3.73. The molecule has 212 valence electrons. The van der Waals surface area contributed by atoms with Gasteiger partial charge in [-0.25, -0.2) is 0 Å². The lowest BCUT2D eigenvalue weighted by molar-refractivity contribution is -0.215. The molecule has 0 radical (unpaired) electrons. The fourth-order valence-electron chi connectivity index (χ4n) is 4.80. The van der Waals surface area contributed by atoms with Gasteiger partial charge in [-0.2, -0.15) is 0 Å². The topological polar surface area (TPSA) is 187 Å². The highest BCUT2D eigenvalue weighted by Gasteiger charge is 2.56. The highest BCUT2D eigenvalue weighted by molar-refractivity contribution is 5.04. The van der Waals surface area contributed by atoms with Crippen molar-refractivity contribution < 1.29 is 59.1 Å². The van der Waals surface area contributed by atoms with Crippen molar-refractivity contribution in [1.29, 1.82) is 0 Å². The minimum atomic E-state index is -1.08. The molecule has 9 unspecified atom stereocenters. The summed E-state index contributed by atoms with van der Waals surface area (Å²) < 4.78 is 35.4. The zero-order valence-corrected chi connectivity index (χ0v) is 21.0. The molecule has 0 bridgehead atoms. The van der Waals surface area contributed by atoms with Crippen LogP contribution in [0.1, 0.15) is 32.6 Å². The van der Waals surface area contributed by atoms with Gasteiger partial charge >= 0.3 is 0 Å². The van der Waals surface area contributed by atoms with Crippen molar-refractivity contribution in [2.75, 3.05) is 59.5 Å². The van der Waals surface area contributed by atoms with Gasteiger partial charge in [0.2, 0.25) is 0 Å². The molecule has 12 nitrogen and oxygen atoms in total. The second kappa shape index (κ2) is 14.6. The number of aliphatic hydroxyl groups is 6. The van der Waals surface area contributed by atoms with Crippen molar-refractivity contribution in [2.24, 2.45) is 5.41 Å². The molecule has 3 rings (SSSR count). The Labute approximate surface area is 212 Å². The first-order chi connectivity index (χ1) is 17.4. The Balaban J connectivity index is 1.97. The molecule has 0 spiro atoms. The van der Waals surface area contributed by atoms with E-state index in [1.807, 2.05) is 6.92 Å². The summed E-state index contributed by atoms with van der Waals surface area (Å²) in [6.45, 7) is 1.98. The fraction of sp³-hybridized carbons (Fsp3) is 1.00. The van der Waals surface area contributed by atoms with E-state index in [2.05, 4.69) is 0 Å². The van der Waals surface area contributed by atoms with E-state index in [0.717, 1.165) is 0 Å². The molecule has 9 atom stereocenters. The van der Waals surface area contributed by atoms with Gasteiger partial charge < -0.3 is 59.1 Å². The summed E-state index contributed by atoms with van der Waals surface area (Å²) in [5.74, 6) is 0. The first kappa shape index (κ1) is 30.1. The van der Waals surface area contributed by atoms with Crippen molar-refractivity contribution in [3.05, 3.63) is 0 Å². The Bertz CT molecular complexity index is 533. The van der Waals surface area contributed by atoms with Gasteiger partial charge in [-0.1, -0.05) is 6.92 Å². The summed E-state index contributed by atoms with van der Waals surface area (Å²) in [7, 11) is 0. The van der Waals surface area contributed by atoms with Crippen molar-refractivity contribution >= 4 is 0 Å². The van der Waals surface area contributed by atoms with E-state index in [1.54, 1.807) is 0 Å². The quantitative estimate of drug-likeness (QED) is 0.0854. The smallest absolute Gasteiger partial charge is 0.100 e. The van der Waals surface area contributed by atoms with Crippen LogP contribution < -0.4 is 0 Å². The molecule has 0 aromatic rings. The lowest BCUT2D eigenvalue weighted by Crippen LogP contribution is -2.58. The lowest BCUT2D eigenvalue weighted by Gasteiger charge is -2.50. The summed E-state index contributed by atoms with van der Waals surface area (Å²) in [6, 6.07) is 0. The number of ether oxygens (including phenoxy) is 6. The highest BCUT2D eigenvalue weighted by atomic mass is 16.6. The van der Waals surface area contributed by atoms with Gasteiger partial charge in [0, 0.05) is 24.7 Å². The van der Waals surface area contributed by atoms with E-state index in [4.69, 9.17) is 28.4 Å². The van der Waals surface area contributed by atoms with E-state index < -0.39 is 61.9 Å². The molecule has 3 saturated heterocycles. The van der Waals surface area contributed by atoms with E-state index in [-0.39, 0.29) is 38.1 Å². The molecule has 3 aliphatic heterocycles. The van der Waals surface area contributed by atoms with Crippen LogP contribution in [0.3, 0.4) is 0 Å². The molecule has 36 heavy (non-hydrogen) atoms. The fourth-order valence-corrected chi connectivity index (χ4v) is 4.80. The molecule has 0 aliphatic carbocycles. The third kappa shape index (κ3) is 9.07. The van der Waals surface area contributed by atoms with E-state index in [9.17, 15) is 30.6 Å². The lowest BCUT2D eigenvalue weighted by atomic mass is 9.66. The second-order valence-electron chi connectivity index (χ2n) is 10.0. The standard InChI is InChI=1S/C24H44O12/c1-2-24(21(3-18-12-31-18)34-9-15(28)6-25,22(4-19-13-32-19)35-10-16(29)7-26)23(5-20-14-33-20)36-11-17(30)8-27/h15-23,25-30H,2-14H2,1H3. The molecule has 3 heterocycles. The van der Waals surface area contributed by atoms with E-state index in [1.165, 1.54) is 0 Å². The van der Waals surface area contributed by atoms with Gasteiger partial charge in [-0.3, -0.25) is 0 Å². The van der Waals surface area contributed by atoms with Crippen molar-refractivity contribution in [3.8, 4) is 0 Å². The molecule has 3 fully saturated rings. The molecule has 0 amide bonds. The van der Waals surface area contributed by atoms with Crippen LogP contribution in [0, 0.1) is 5.41 Å². The van der Waals surface area contributed by atoms with Crippen LogP contribution in [-0.2, 0) is 28.4 Å². The maximum atomic E-state index is 10.1. The SMILES string of the molecule is CCC(C(CC1CO1)OCC(O)CO)(C(CC1CO1)OCC(O)CO)C(CC1CO1)OCC(O)CO. The average molecular weight is 525 g/mol. The minimum absolute atomic E-state index is 0.0473. The maximum Gasteiger partial charge on any atom is 0.100 e. The zero-order valence-electron chi connectivity index (χ0n) is 21.0. The molecular formula is C24H44O12. The van der Waals surface area contributed by atoms with Crippen LogP contribution in [0.25, 0.3) is 0 Å². The van der Waals surface area contributed by atoms with Gasteiger partial charge in [-0.15, -0.1) is 0 Å². The first-order valence-corrected chi connectivity index (χ1v) is 12.9. The minimum Gasteiger partial charge on any atom is -0.394 e. The predicted molar refractivity (Wildman–Crippen MR) is 124 cm³/mol. The van der Waals surface area contributed by atoms with Crippen LogP contribution in [0.2, 0.25) is 0 Å². The van der Waals surface area contributed by atoms with Gasteiger partial charge in [0.05, 0.1) is 96.1 Å². The molecule has 6 N–H and O–H groups in total. The van der Waals surface area contributed by atoms with Crippen molar-refractivity contribution in [1.82, 2.24) is 0 Å². The molecule has 3 aliphatic rings. The monoisotopic (exact) mass is 524 g/mol. The molecule has 12 heteroatoms. The summed E-state index contributed by atoms with van der Waals surface area (Å²) in [5.41, 5.74) is -0.872. The van der Waals surface area contributed by atoms with E-state index in [0.29, 0.717) is 45.5 Å². The van der Waals surface area contributed by atoms with Gasteiger partial charge in [0.1, 0.15) is 18.3 Å². The van der Waals surface area contributed by atoms with Gasteiger partial charge in [-0.05, 0) is 6.42 Å². The Morgan fingerprint density at radius 2 is 0.917 bits per heavy atom. The molecule has 0 aromatic heterocycles. The number of hydrogen-bond acceptors (Lipinski definition) is 12. The maximum absolute atomic E-state index is 10.1. The van der Waals surface area contributed by atoms with E-state index >= 15 is 0 Å². The summed E-state index contributed by atoms with van der Waals surface area (Å²) in [6.07, 6.45) is -3.10. The predicted octanol–water partition coefficient (Wildman–Crippen LogP) is -2.04. The van der Waals surface area contributed by atoms with Crippen molar-refractivity contribution in [3.63, 3.8) is 0 Å². The third-order valence-corrected chi connectivity index (χ3v) is 7.15. The Hall–Kier alpha value is -0.480. The van der Waals surface area contributed by atoms with Gasteiger partial charge in [0.15, 0.2) is 0 Å². The van der Waals surface area contributed by atoms with Crippen molar-refractivity contribution in [2.45, 2.75) is 87.5 Å². The number of hydrogen-bond donors (Lipinski definition) is 6. The number of aliphatic hydroxyl groups excluding tert-OH is 6.